The number of amides is 1. The minimum Gasteiger partial charge on any atom is -0.355 e. The first kappa shape index (κ1) is 18.4. The first-order valence-electron chi connectivity index (χ1n) is 7.93. The Morgan fingerprint density at radius 3 is 1.95 bits per heavy atom. The number of carbonyl (C=O) groups excluding carboxylic acids is 1. The highest BCUT2D eigenvalue weighted by atomic mass is 16.2. The second kappa shape index (κ2) is 10.2. The van der Waals surface area contributed by atoms with Crippen LogP contribution < -0.4 is 11.1 Å². The van der Waals surface area contributed by atoms with Gasteiger partial charge in [-0.15, -0.1) is 0 Å². The molecule has 0 rings (SSSR count). The Morgan fingerprint density at radius 2 is 1.47 bits per heavy atom. The van der Waals surface area contributed by atoms with Crippen molar-refractivity contribution in [2.75, 3.05) is 6.54 Å². The average molecular weight is 270 g/mol. The van der Waals surface area contributed by atoms with E-state index in [0.29, 0.717) is 0 Å². The maximum Gasteiger partial charge on any atom is 0.237 e. The summed E-state index contributed by atoms with van der Waals surface area (Å²) in [5, 5.41) is 2.94. The van der Waals surface area contributed by atoms with Crippen molar-refractivity contribution < 1.29 is 4.79 Å². The van der Waals surface area contributed by atoms with Crippen LogP contribution in [0, 0.1) is 5.41 Å². The third-order valence-corrected chi connectivity index (χ3v) is 3.55. The molecule has 0 heterocycles. The van der Waals surface area contributed by atoms with Gasteiger partial charge in [0.1, 0.15) is 0 Å². The predicted molar refractivity (Wildman–Crippen MR) is 83.1 cm³/mol. The molecule has 1 amide bonds. The van der Waals surface area contributed by atoms with Crippen molar-refractivity contribution in [2.24, 2.45) is 11.1 Å². The third kappa shape index (κ3) is 9.94. The SMILES string of the molecule is CCCCCCCCCCNC(=O)C(N)C(C)(C)C. The summed E-state index contributed by atoms with van der Waals surface area (Å²) in [6, 6.07) is -0.415. The molecule has 0 spiro atoms. The van der Waals surface area contributed by atoms with Gasteiger partial charge in [0.05, 0.1) is 6.04 Å². The zero-order valence-electron chi connectivity index (χ0n) is 13.4. The fraction of sp³-hybridized carbons (Fsp3) is 0.938. The molecule has 0 aliphatic heterocycles. The Kier molecular flexibility index (Phi) is 9.94. The van der Waals surface area contributed by atoms with Gasteiger partial charge in [0.25, 0.3) is 0 Å². The molecular formula is C16H34N2O. The molecule has 3 nitrogen and oxygen atoms in total. The molecule has 0 radical (unpaired) electrons. The fourth-order valence-electron chi connectivity index (χ4n) is 1.97. The van der Waals surface area contributed by atoms with E-state index >= 15 is 0 Å². The molecule has 0 aromatic rings. The summed E-state index contributed by atoms with van der Waals surface area (Å²) in [5.41, 5.74) is 5.73. The van der Waals surface area contributed by atoms with E-state index in [0.717, 1.165) is 13.0 Å². The summed E-state index contributed by atoms with van der Waals surface area (Å²) in [4.78, 5) is 11.8. The predicted octanol–water partition coefficient (Wildman–Crippen LogP) is 3.62. The van der Waals surface area contributed by atoms with Gasteiger partial charge in [-0.05, 0) is 11.8 Å². The molecule has 0 aromatic carbocycles. The molecule has 1 unspecified atom stereocenters. The van der Waals surface area contributed by atoms with E-state index in [1.165, 1.54) is 44.9 Å². The number of unbranched alkanes of at least 4 members (excludes halogenated alkanes) is 7. The van der Waals surface area contributed by atoms with Gasteiger partial charge >= 0.3 is 0 Å². The molecule has 0 fully saturated rings. The van der Waals surface area contributed by atoms with E-state index in [2.05, 4.69) is 12.2 Å². The monoisotopic (exact) mass is 270 g/mol. The van der Waals surface area contributed by atoms with Gasteiger partial charge in [-0.2, -0.15) is 0 Å². The largest absolute Gasteiger partial charge is 0.355 e. The normalized spacial score (nSPS) is 13.3. The van der Waals surface area contributed by atoms with E-state index in [1.807, 2.05) is 20.8 Å². The summed E-state index contributed by atoms with van der Waals surface area (Å²) in [7, 11) is 0. The highest BCUT2D eigenvalue weighted by molar-refractivity contribution is 5.82. The molecule has 0 aliphatic rings. The standard InChI is InChI=1S/C16H34N2O/c1-5-6-7-8-9-10-11-12-13-18-15(19)14(17)16(2,3)4/h14H,5-13,17H2,1-4H3,(H,18,19). The minimum absolute atomic E-state index is 0.0181. The van der Waals surface area contributed by atoms with Crippen molar-refractivity contribution in [1.82, 2.24) is 5.32 Å². The highest BCUT2D eigenvalue weighted by Gasteiger charge is 2.26. The highest BCUT2D eigenvalue weighted by Crippen LogP contribution is 2.17. The third-order valence-electron chi connectivity index (χ3n) is 3.55. The molecule has 0 saturated carbocycles. The second-order valence-electron chi connectivity index (χ2n) is 6.61. The van der Waals surface area contributed by atoms with Gasteiger partial charge in [-0.25, -0.2) is 0 Å². The van der Waals surface area contributed by atoms with Crippen molar-refractivity contribution in [3.63, 3.8) is 0 Å². The van der Waals surface area contributed by atoms with Crippen molar-refractivity contribution in [3.05, 3.63) is 0 Å². The number of nitrogens with two attached hydrogens (primary N) is 1. The summed E-state index contributed by atoms with van der Waals surface area (Å²) in [5.74, 6) is -0.0181. The van der Waals surface area contributed by atoms with Crippen LogP contribution in [0.1, 0.15) is 79.1 Å². The molecule has 114 valence electrons. The lowest BCUT2D eigenvalue weighted by Crippen LogP contribution is -2.48. The molecule has 3 heteroatoms. The molecule has 1 atom stereocenters. The average Bonchev–Trinajstić information content (AvgIpc) is 2.34. The number of rotatable bonds is 10. The Bertz CT molecular complexity index is 233. The molecule has 19 heavy (non-hydrogen) atoms. The summed E-state index contributed by atoms with van der Waals surface area (Å²) >= 11 is 0. The lowest BCUT2D eigenvalue weighted by molar-refractivity contribution is -0.124. The Morgan fingerprint density at radius 1 is 1.00 bits per heavy atom. The van der Waals surface area contributed by atoms with Crippen molar-refractivity contribution in [1.29, 1.82) is 0 Å². The van der Waals surface area contributed by atoms with E-state index in [9.17, 15) is 4.79 Å². The van der Waals surface area contributed by atoms with E-state index in [1.54, 1.807) is 0 Å². The van der Waals surface area contributed by atoms with Gasteiger partial charge in [0, 0.05) is 6.54 Å². The molecule has 0 aromatic heterocycles. The van der Waals surface area contributed by atoms with Gasteiger partial charge in [-0.1, -0.05) is 72.6 Å². The molecule has 3 N–H and O–H groups in total. The Labute approximate surface area is 119 Å². The first-order chi connectivity index (χ1) is 8.89. The number of hydrogen-bond donors (Lipinski definition) is 2. The van der Waals surface area contributed by atoms with Crippen molar-refractivity contribution in [3.8, 4) is 0 Å². The van der Waals surface area contributed by atoms with Gasteiger partial charge in [0.2, 0.25) is 5.91 Å². The molecular weight excluding hydrogens is 236 g/mol. The Hall–Kier alpha value is -0.570. The van der Waals surface area contributed by atoms with Crippen LogP contribution in [-0.4, -0.2) is 18.5 Å². The van der Waals surface area contributed by atoms with Crippen LogP contribution in [0.15, 0.2) is 0 Å². The lowest BCUT2D eigenvalue weighted by Gasteiger charge is -2.25. The van der Waals surface area contributed by atoms with E-state index in [-0.39, 0.29) is 11.3 Å². The second-order valence-corrected chi connectivity index (χ2v) is 6.61. The van der Waals surface area contributed by atoms with Gasteiger partial charge in [0.15, 0.2) is 0 Å². The van der Waals surface area contributed by atoms with Crippen LogP contribution in [0.3, 0.4) is 0 Å². The van der Waals surface area contributed by atoms with Crippen LogP contribution in [0.4, 0.5) is 0 Å². The van der Waals surface area contributed by atoms with Crippen molar-refractivity contribution in [2.45, 2.75) is 85.1 Å². The van der Waals surface area contributed by atoms with Crippen LogP contribution in [0.2, 0.25) is 0 Å². The maximum absolute atomic E-state index is 11.8. The van der Waals surface area contributed by atoms with Crippen LogP contribution in [-0.2, 0) is 4.79 Å². The van der Waals surface area contributed by atoms with E-state index < -0.39 is 6.04 Å². The molecule has 0 aliphatic carbocycles. The number of hydrogen-bond acceptors (Lipinski definition) is 2. The zero-order valence-corrected chi connectivity index (χ0v) is 13.4. The smallest absolute Gasteiger partial charge is 0.237 e. The maximum atomic E-state index is 11.8. The van der Waals surface area contributed by atoms with Crippen LogP contribution in [0.25, 0.3) is 0 Å². The Balaban J connectivity index is 3.42. The van der Waals surface area contributed by atoms with E-state index in [4.69, 9.17) is 5.73 Å². The lowest BCUT2D eigenvalue weighted by atomic mass is 9.87. The molecule has 0 bridgehead atoms. The summed E-state index contributed by atoms with van der Waals surface area (Å²) in [6.45, 7) is 8.98. The molecule has 0 saturated heterocycles. The topological polar surface area (TPSA) is 55.1 Å². The van der Waals surface area contributed by atoms with Gasteiger partial charge < -0.3 is 11.1 Å². The van der Waals surface area contributed by atoms with Crippen LogP contribution in [0.5, 0.6) is 0 Å². The number of carbonyl (C=O) groups is 1. The first-order valence-corrected chi connectivity index (χ1v) is 7.93. The minimum atomic E-state index is -0.415. The quantitative estimate of drug-likeness (QED) is 0.596. The zero-order chi connectivity index (χ0) is 14.7. The summed E-state index contributed by atoms with van der Waals surface area (Å²) < 4.78 is 0. The van der Waals surface area contributed by atoms with Crippen molar-refractivity contribution >= 4 is 5.91 Å². The fourth-order valence-corrected chi connectivity index (χ4v) is 1.97. The van der Waals surface area contributed by atoms with Crippen LogP contribution >= 0.6 is 0 Å². The van der Waals surface area contributed by atoms with Gasteiger partial charge in [-0.3, -0.25) is 4.79 Å². The number of nitrogens with one attached hydrogen (secondary N) is 1. The summed E-state index contributed by atoms with van der Waals surface area (Å²) in [6.07, 6.45) is 10.3.